The van der Waals surface area contributed by atoms with E-state index in [1.54, 1.807) is 0 Å². The van der Waals surface area contributed by atoms with E-state index in [4.69, 9.17) is 18.9 Å². The van der Waals surface area contributed by atoms with Crippen LogP contribution in [0.1, 0.15) is 30.9 Å². The van der Waals surface area contributed by atoms with E-state index in [-0.39, 0.29) is 0 Å². The van der Waals surface area contributed by atoms with E-state index in [1.165, 1.54) is 5.56 Å². The first-order valence-corrected chi connectivity index (χ1v) is 7.90. The summed E-state index contributed by atoms with van der Waals surface area (Å²) in [5.74, 6) is 4.06. The van der Waals surface area contributed by atoms with Crippen LogP contribution in [0.2, 0.25) is 0 Å². The Balaban J connectivity index is 0.000000136. The Morgan fingerprint density at radius 1 is 0.783 bits per heavy atom. The van der Waals surface area contributed by atoms with E-state index in [9.17, 15) is 0 Å². The van der Waals surface area contributed by atoms with Gasteiger partial charge in [0.1, 0.15) is 13.2 Å². The van der Waals surface area contributed by atoms with Gasteiger partial charge in [-0.2, -0.15) is 0 Å². The first kappa shape index (κ1) is 15.5. The molecule has 2 aromatic carbocycles. The van der Waals surface area contributed by atoms with Gasteiger partial charge in [-0.1, -0.05) is 38.1 Å². The Hall–Kier alpha value is -2.36. The summed E-state index contributed by atoms with van der Waals surface area (Å²) < 4.78 is 21.4. The van der Waals surface area contributed by atoms with E-state index in [1.807, 2.05) is 37.3 Å². The number of fused-ring (bicyclic) bond motifs is 2. The summed E-state index contributed by atoms with van der Waals surface area (Å²) in [7, 11) is 0. The number of hydrogen-bond acceptors (Lipinski definition) is 4. The number of rotatable bonds is 1. The molecule has 0 unspecified atom stereocenters. The Kier molecular flexibility index (Phi) is 4.60. The molecule has 0 radical (unpaired) electrons. The standard InChI is InChI=1S/C10H12O2.C9H10O2/c1-7(2)8-4-3-5-9-10(8)12-6-11-9;1-7-3-2-4-8-9(7)11-6-5-10-8/h3-5,7H,6H2,1-2H3;2-4H,5-6H2,1H3. The van der Waals surface area contributed by atoms with Crippen LogP contribution in [0.4, 0.5) is 0 Å². The molecule has 0 aliphatic carbocycles. The average molecular weight is 314 g/mol. The lowest BCUT2D eigenvalue weighted by Gasteiger charge is -2.19. The number of benzene rings is 2. The predicted molar refractivity (Wildman–Crippen MR) is 88.8 cm³/mol. The molecule has 23 heavy (non-hydrogen) atoms. The summed E-state index contributed by atoms with van der Waals surface area (Å²) in [5, 5.41) is 0. The van der Waals surface area contributed by atoms with E-state index >= 15 is 0 Å². The Labute approximate surface area is 136 Å². The lowest BCUT2D eigenvalue weighted by Crippen LogP contribution is -2.15. The highest BCUT2D eigenvalue weighted by Gasteiger charge is 2.18. The third kappa shape index (κ3) is 3.36. The fourth-order valence-electron chi connectivity index (χ4n) is 2.63. The Morgan fingerprint density at radius 2 is 1.48 bits per heavy atom. The van der Waals surface area contributed by atoms with Gasteiger partial charge in [0.2, 0.25) is 6.79 Å². The molecule has 0 N–H and O–H groups in total. The molecule has 0 spiro atoms. The van der Waals surface area contributed by atoms with Crippen LogP contribution in [0.3, 0.4) is 0 Å². The highest BCUT2D eigenvalue weighted by molar-refractivity contribution is 5.49. The highest BCUT2D eigenvalue weighted by atomic mass is 16.7. The summed E-state index contributed by atoms with van der Waals surface area (Å²) in [4.78, 5) is 0. The monoisotopic (exact) mass is 314 g/mol. The normalized spacial score (nSPS) is 14.3. The molecular formula is C19H22O4. The molecule has 0 bridgehead atoms. The third-order valence-electron chi connectivity index (χ3n) is 3.81. The highest BCUT2D eigenvalue weighted by Crippen LogP contribution is 2.38. The molecule has 4 heteroatoms. The second-order valence-corrected chi connectivity index (χ2v) is 5.83. The molecule has 0 aromatic heterocycles. The van der Waals surface area contributed by atoms with Crippen LogP contribution in [-0.2, 0) is 0 Å². The SMILES string of the molecule is CC(C)c1cccc2c1OCO2.Cc1cccc2c1OCCO2. The minimum absolute atomic E-state index is 0.360. The van der Waals surface area contributed by atoms with Crippen molar-refractivity contribution in [3.05, 3.63) is 47.5 Å². The van der Waals surface area contributed by atoms with Gasteiger partial charge in [-0.05, 0) is 30.5 Å². The van der Waals surface area contributed by atoms with Gasteiger partial charge in [-0.15, -0.1) is 0 Å². The molecule has 0 atom stereocenters. The summed E-state index contributed by atoms with van der Waals surface area (Å²) in [5.41, 5.74) is 2.37. The second kappa shape index (κ2) is 6.82. The van der Waals surface area contributed by atoms with Crippen molar-refractivity contribution >= 4 is 0 Å². The van der Waals surface area contributed by atoms with Gasteiger partial charge in [0.25, 0.3) is 0 Å². The van der Waals surface area contributed by atoms with Gasteiger partial charge in [0, 0.05) is 5.56 Å². The second-order valence-electron chi connectivity index (χ2n) is 5.83. The summed E-state index contributed by atoms with van der Waals surface area (Å²) >= 11 is 0. The van der Waals surface area contributed by atoms with Crippen LogP contribution in [0.25, 0.3) is 0 Å². The van der Waals surface area contributed by atoms with Gasteiger partial charge in [0.15, 0.2) is 23.0 Å². The van der Waals surface area contributed by atoms with E-state index in [2.05, 4.69) is 19.9 Å². The first-order chi connectivity index (χ1) is 11.2. The molecule has 122 valence electrons. The Morgan fingerprint density at radius 3 is 2.22 bits per heavy atom. The van der Waals surface area contributed by atoms with Gasteiger partial charge in [0.05, 0.1) is 0 Å². The molecule has 4 nitrogen and oxygen atoms in total. The molecule has 2 aliphatic rings. The van der Waals surface area contributed by atoms with Crippen LogP contribution in [0.5, 0.6) is 23.0 Å². The maximum absolute atomic E-state index is 5.43. The van der Waals surface area contributed by atoms with Gasteiger partial charge < -0.3 is 18.9 Å². The van der Waals surface area contributed by atoms with Gasteiger partial charge in [-0.25, -0.2) is 0 Å². The van der Waals surface area contributed by atoms with Crippen LogP contribution < -0.4 is 18.9 Å². The molecule has 4 rings (SSSR count). The fourth-order valence-corrected chi connectivity index (χ4v) is 2.63. The third-order valence-corrected chi connectivity index (χ3v) is 3.81. The van der Waals surface area contributed by atoms with Crippen LogP contribution in [0.15, 0.2) is 36.4 Å². The minimum Gasteiger partial charge on any atom is -0.486 e. The number of hydrogen-bond donors (Lipinski definition) is 0. The van der Waals surface area contributed by atoms with Crippen molar-refractivity contribution < 1.29 is 18.9 Å². The maximum atomic E-state index is 5.43. The maximum Gasteiger partial charge on any atom is 0.231 e. The minimum atomic E-state index is 0.360. The van der Waals surface area contributed by atoms with E-state index in [0.717, 1.165) is 28.6 Å². The zero-order valence-electron chi connectivity index (χ0n) is 13.8. The first-order valence-electron chi connectivity index (χ1n) is 7.90. The van der Waals surface area contributed by atoms with Crippen molar-refractivity contribution in [3.63, 3.8) is 0 Å². The largest absolute Gasteiger partial charge is 0.486 e. The van der Waals surface area contributed by atoms with Crippen LogP contribution in [0, 0.1) is 6.92 Å². The molecule has 2 aromatic rings. The van der Waals surface area contributed by atoms with E-state index < -0.39 is 0 Å². The molecule has 0 amide bonds. The smallest absolute Gasteiger partial charge is 0.231 e. The number of aryl methyl sites for hydroxylation is 1. The van der Waals surface area contributed by atoms with Crippen molar-refractivity contribution in [2.75, 3.05) is 20.0 Å². The van der Waals surface area contributed by atoms with Crippen molar-refractivity contribution in [1.82, 2.24) is 0 Å². The van der Waals surface area contributed by atoms with Crippen molar-refractivity contribution in [1.29, 1.82) is 0 Å². The molecule has 0 saturated carbocycles. The van der Waals surface area contributed by atoms with Crippen molar-refractivity contribution in [2.45, 2.75) is 26.7 Å². The molecular weight excluding hydrogens is 292 g/mol. The summed E-state index contributed by atoms with van der Waals surface area (Å²) in [6.07, 6.45) is 0. The number of ether oxygens (including phenoxy) is 4. The zero-order chi connectivity index (χ0) is 16.2. The predicted octanol–water partition coefficient (Wildman–Crippen LogP) is 4.30. The average Bonchev–Trinajstić information content (AvgIpc) is 3.04. The molecule has 2 heterocycles. The summed E-state index contributed by atoms with van der Waals surface area (Å²) in [6.45, 7) is 8.01. The van der Waals surface area contributed by atoms with Crippen LogP contribution in [-0.4, -0.2) is 20.0 Å². The topological polar surface area (TPSA) is 36.9 Å². The molecule has 0 saturated heterocycles. The fraction of sp³-hybridized carbons (Fsp3) is 0.368. The molecule has 0 fully saturated rings. The van der Waals surface area contributed by atoms with Crippen molar-refractivity contribution in [3.8, 4) is 23.0 Å². The zero-order valence-corrected chi connectivity index (χ0v) is 13.8. The van der Waals surface area contributed by atoms with Crippen molar-refractivity contribution in [2.24, 2.45) is 0 Å². The van der Waals surface area contributed by atoms with Gasteiger partial charge in [-0.3, -0.25) is 0 Å². The number of para-hydroxylation sites is 2. The van der Waals surface area contributed by atoms with Gasteiger partial charge >= 0.3 is 0 Å². The van der Waals surface area contributed by atoms with E-state index in [0.29, 0.717) is 25.9 Å². The van der Waals surface area contributed by atoms with Crippen LogP contribution >= 0.6 is 0 Å². The Bertz CT molecular complexity index is 679. The quantitative estimate of drug-likeness (QED) is 0.786. The lowest BCUT2D eigenvalue weighted by molar-refractivity contribution is 0.170. The lowest BCUT2D eigenvalue weighted by atomic mass is 10.0. The molecule has 2 aliphatic heterocycles. The summed E-state index contributed by atoms with van der Waals surface area (Å²) in [6, 6.07) is 12.0.